The molecule has 1 amide bonds. The molecule has 1 aromatic rings. The van der Waals surface area contributed by atoms with Crippen molar-refractivity contribution in [1.82, 2.24) is 5.43 Å². The van der Waals surface area contributed by atoms with Gasteiger partial charge in [-0.2, -0.15) is 0 Å². The van der Waals surface area contributed by atoms with Crippen molar-refractivity contribution in [2.24, 2.45) is 5.84 Å². The smallest absolute Gasteiger partial charge is 0.265 e. The molecular weight excluding hydrogens is 232 g/mol. The van der Waals surface area contributed by atoms with Gasteiger partial charge in [-0.05, 0) is 25.5 Å². The Balaban J connectivity index is 2.44. The zero-order valence-corrected chi connectivity index (χ0v) is 10.8. The highest BCUT2D eigenvalue weighted by atomic mass is 16.5. The standard InChI is InChI=1S/C13H20N2O3/c1-10(2)18-8-7-17-9-11-5-3-4-6-12(11)13(16)15-14/h3-6,10H,7-9,14H2,1-2H3,(H,15,16). The average molecular weight is 252 g/mol. The van der Waals surface area contributed by atoms with E-state index in [1.807, 2.05) is 26.0 Å². The molecule has 5 heteroatoms. The van der Waals surface area contributed by atoms with E-state index in [-0.39, 0.29) is 12.0 Å². The van der Waals surface area contributed by atoms with Crippen molar-refractivity contribution in [2.45, 2.75) is 26.6 Å². The quantitative estimate of drug-likeness (QED) is 0.331. The van der Waals surface area contributed by atoms with E-state index in [0.29, 0.717) is 25.4 Å². The number of rotatable bonds is 7. The van der Waals surface area contributed by atoms with Crippen LogP contribution in [0.1, 0.15) is 29.8 Å². The van der Waals surface area contributed by atoms with Crippen molar-refractivity contribution in [2.75, 3.05) is 13.2 Å². The van der Waals surface area contributed by atoms with Crippen LogP contribution >= 0.6 is 0 Å². The molecule has 0 bridgehead atoms. The van der Waals surface area contributed by atoms with Gasteiger partial charge in [-0.3, -0.25) is 10.2 Å². The summed E-state index contributed by atoms with van der Waals surface area (Å²) in [5.41, 5.74) is 3.46. The van der Waals surface area contributed by atoms with E-state index in [9.17, 15) is 4.79 Å². The van der Waals surface area contributed by atoms with Crippen LogP contribution in [0, 0.1) is 0 Å². The summed E-state index contributed by atoms with van der Waals surface area (Å²) in [6.45, 7) is 5.35. The Morgan fingerprint density at radius 1 is 1.33 bits per heavy atom. The lowest BCUT2D eigenvalue weighted by Crippen LogP contribution is -2.30. The van der Waals surface area contributed by atoms with Crippen molar-refractivity contribution >= 4 is 5.91 Å². The van der Waals surface area contributed by atoms with Gasteiger partial charge >= 0.3 is 0 Å². The SMILES string of the molecule is CC(C)OCCOCc1ccccc1C(=O)NN. The molecule has 0 aliphatic rings. The maximum absolute atomic E-state index is 11.5. The molecule has 3 N–H and O–H groups in total. The number of carbonyl (C=O) groups excluding carboxylic acids is 1. The molecule has 0 heterocycles. The summed E-state index contributed by atoms with van der Waals surface area (Å²) >= 11 is 0. The van der Waals surface area contributed by atoms with Gasteiger partial charge in [0.2, 0.25) is 0 Å². The highest BCUT2D eigenvalue weighted by molar-refractivity contribution is 5.95. The fourth-order valence-electron chi connectivity index (χ4n) is 1.47. The van der Waals surface area contributed by atoms with Gasteiger partial charge in [-0.1, -0.05) is 18.2 Å². The first kappa shape index (κ1) is 14.6. The van der Waals surface area contributed by atoms with Crippen LogP contribution in [0.15, 0.2) is 24.3 Å². The molecule has 0 unspecified atom stereocenters. The summed E-state index contributed by atoms with van der Waals surface area (Å²) in [7, 11) is 0. The number of benzene rings is 1. The Labute approximate surface area is 107 Å². The Kier molecular flexibility index (Phi) is 6.35. The second-order valence-corrected chi connectivity index (χ2v) is 4.10. The molecule has 1 aromatic carbocycles. The zero-order chi connectivity index (χ0) is 13.4. The molecule has 18 heavy (non-hydrogen) atoms. The van der Waals surface area contributed by atoms with E-state index < -0.39 is 0 Å². The van der Waals surface area contributed by atoms with E-state index in [2.05, 4.69) is 5.43 Å². The second kappa shape index (κ2) is 7.81. The number of hydrogen-bond donors (Lipinski definition) is 2. The molecule has 0 aliphatic heterocycles. The number of carbonyl (C=O) groups is 1. The average Bonchev–Trinajstić information content (AvgIpc) is 2.37. The molecule has 0 radical (unpaired) electrons. The first-order valence-corrected chi connectivity index (χ1v) is 5.93. The van der Waals surface area contributed by atoms with Crippen molar-refractivity contribution in [1.29, 1.82) is 0 Å². The third-order valence-corrected chi connectivity index (χ3v) is 2.33. The monoisotopic (exact) mass is 252 g/mol. The van der Waals surface area contributed by atoms with Gasteiger partial charge in [0.25, 0.3) is 5.91 Å². The number of ether oxygens (including phenoxy) is 2. The fraction of sp³-hybridized carbons (Fsp3) is 0.462. The molecule has 1 rings (SSSR count). The molecule has 0 aromatic heterocycles. The summed E-state index contributed by atoms with van der Waals surface area (Å²) in [6, 6.07) is 7.20. The maximum Gasteiger partial charge on any atom is 0.265 e. The summed E-state index contributed by atoms with van der Waals surface area (Å²) < 4.78 is 10.8. The minimum Gasteiger partial charge on any atom is -0.376 e. The fourth-order valence-corrected chi connectivity index (χ4v) is 1.47. The first-order valence-electron chi connectivity index (χ1n) is 5.93. The predicted octanol–water partition coefficient (Wildman–Crippen LogP) is 1.23. The van der Waals surface area contributed by atoms with Gasteiger partial charge in [-0.25, -0.2) is 5.84 Å². The second-order valence-electron chi connectivity index (χ2n) is 4.10. The van der Waals surface area contributed by atoms with Crippen LogP contribution in [0.5, 0.6) is 0 Å². The Hall–Kier alpha value is -1.43. The topological polar surface area (TPSA) is 73.6 Å². The number of nitrogen functional groups attached to an aromatic ring is 1. The van der Waals surface area contributed by atoms with Gasteiger partial charge < -0.3 is 9.47 Å². The van der Waals surface area contributed by atoms with E-state index in [4.69, 9.17) is 15.3 Å². The molecule has 0 atom stereocenters. The van der Waals surface area contributed by atoms with Gasteiger partial charge in [0.05, 0.1) is 25.9 Å². The lowest BCUT2D eigenvalue weighted by atomic mass is 10.1. The van der Waals surface area contributed by atoms with Crippen molar-refractivity contribution in [3.8, 4) is 0 Å². The molecule has 0 fully saturated rings. The summed E-state index contributed by atoms with van der Waals surface area (Å²) in [5.74, 6) is 4.81. The Bertz CT molecular complexity index is 380. The molecule has 100 valence electrons. The lowest BCUT2D eigenvalue weighted by molar-refractivity contribution is 0.0141. The van der Waals surface area contributed by atoms with Crippen LogP contribution in [0.3, 0.4) is 0 Å². The van der Waals surface area contributed by atoms with Crippen molar-refractivity contribution < 1.29 is 14.3 Å². The molecule has 0 spiro atoms. The summed E-state index contributed by atoms with van der Waals surface area (Å²) in [6.07, 6.45) is 0.198. The van der Waals surface area contributed by atoms with Crippen LogP contribution in [-0.2, 0) is 16.1 Å². The van der Waals surface area contributed by atoms with Crippen LogP contribution in [0.25, 0.3) is 0 Å². The Morgan fingerprint density at radius 3 is 2.72 bits per heavy atom. The van der Waals surface area contributed by atoms with Crippen molar-refractivity contribution in [3.63, 3.8) is 0 Å². The van der Waals surface area contributed by atoms with Crippen LogP contribution in [0.4, 0.5) is 0 Å². The molecular formula is C13H20N2O3. The molecule has 5 nitrogen and oxygen atoms in total. The highest BCUT2D eigenvalue weighted by Gasteiger charge is 2.08. The molecule has 0 saturated heterocycles. The largest absolute Gasteiger partial charge is 0.376 e. The zero-order valence-electron chi connectivity index (χ0n) is 10.8. The number of hydrazine groups is 1. The van der Waals surface area contributed by atoms with E-state index in [1.54, 1.807) is 12.1 Å². The first-order chi connectivity index (χ1) is 8.65. The van der Waals surface area contributed by atoms with E-state index in [0.717, 1.165) is 5.56 Å². The highest BCUT2D eigenvalue weighted by Crippen LogP contribution is 2.09. The van der Waals surface area contributed by atoms with Crippen molar-refractivity contribution in [3.05, 3.63) is 35.4 Å². The van der Waals surface area contributed by atoms with E-state index in [1.165, 1.54) is 0 Å². The number of amides is 1. The van der Waals surface area contributed by atoms with Gasteiger partial charge in [0.1, 0.15) is 0 Å². The van der Waals surface area contributed by atoms with Crippen LogP contribution < -0.4 is 11.3 Å². The number of nitrogens with two attached hydrogens (primary N) is 1. The third kappa shape index (κ3) is 4.83. The van der Waals surface area contributed by atoms with Gasteiger partial charge in [-0.15, -0.1) is 0 Å². The normalized spacial score (nSPS) is 10.7. The van der Waals surface area contributed by atoms with Crippen LogP contribution in [0.2, 0.25) is 0 Å². The summed E-state index contributed by atoms with van der Waals surface area (Å²) in [4.78, 5) is 11.5. The van der Waals surface area contributed by atoms with E-state index >= 15 is 0 Å². The lowest BCUT2D eigenvalue weighted by Gasteiger charge is -2.10. The van der Waals surface area contributed by atoms with Crippen LogP contribution in [-0.4, -0.2) is 25.2 Å². The number of nitrogens with one attached hydrogen (secondary N) is 1. The minimum atomic E-state index is -0.312. The third-order valence-electron chi connectivity index (χ3n) is 2.33. The summed E-state index contributed by atoms with van der Waals surface area (Å²) in [5, 5.41) is 0. The molecule has 0 saturated carbocycles. The Morgan fingerprint density at radius 2 is 2.06 bits per heavy atom. The van der Waals surface area contributed by atoms with Gasteiger partial charge in [0.15, 0.2) is 0 Å². The minimum absolute atomic E-state index is 0.198. The predicted molar refractivity (Wildman–Crippen MR) is 68.8 cm³/mol. The maximum atomic E-state index is 11.5. The number of hydrogen-bond acceptors (Lipinski definition) is 4. The van der Waals surface area contributed by atoms with Gasteiger partial charge in [0, 0.05) is 5.56 Å². The molecule has 0 aliphatic carbocycles.